The third kappa shape index (κ3) is 1.69. The van der Waals surface area contributed by atoms with Gasteiger partial charge in [-0.15, -0.1) is 0 Å². The molecule has 1 atom stereocenters. The van der Waals surface area contributed by atoms with Gasteiger partial charge < -0.3 is 5.32 Å². The van der Waals surface area contributed by atoms with Gasteiger partial charge in [-0.3, -0.25) is 4.68 Å². The van der Waals surface area contributed by atoms with Crippen molar-refractivity contribution in [2.75, 3.05) is 0 Å². The van der Waals surface area contributed by atoms with E-state index in [1.807, 2.05) is 17.9 Å². The van der Waals surface area contributed by atoms with Crippen LogP contribution in [0, 0.1) is 0 Å². The highest BCUT2D eigenvalue weighted by atomic mass is 15.3. The number of rotatable bonds is 2. The van der Waals surface area contributed by atoms with Crippen LogP contribution in [0.5, 0.6) is 0 Å². The lowest BCUT2D eigenvalue weighted by atomic mass is 9.92. The number of nitrogens with one attached hydrogen (secondary N) is 1. The zero-order valence-corrected chi connectivity index (χ0v) is 9.25. The van der Waals surface area contributed by atoms with Gasteiger partial charge in [0.25, 0.3) is 0 Å². The van der Waals surface area contributed by atoms with Crippen molar-refractivity contribution in [3.63, 3.8) is 0 Å². The molecule has 0 spiro atoms. The number of hydrogen-bond acceptors (Lipinski definition) is 2. The smallest absolute Gasteiger partial charge is 0.0540 e. The fraction of sp³-hybridized carbons (Fsp3) is 0.727. The van der Waals surface area contributed by atoms with Crippen molar-refractivity contribution in [1.82, 2.24) is 15.1 Å². The van der Waals surface area contributed by atoms with Crippen LogP contribution in [0.25, 0.3) is 0 Å². The topological polar surface area (TPSA) is 29.9 Å². The molecule has 14 heavy (non-hydrogen) atoms. The van der Waals surface area contributed by atoms with Crippen molar-refractivity contribution in [2.45, 2.75) is 45.2 Å². The SMILES string of the molecule is CC(C)NC1CCCc2c1cnn2C. The van der Waals surface area contributed by atoms with Crippen LogP contribution >= 0.6 is 0 Å². The molecule has 0 aromatic carbocycles. The van der Waals surface area contributed by atoms with Gasteiger partial charge >= 0.3 is 0 Å². The Morgan fingerprint density at radius 1 is 1.57 bits per heavy atom. The summed E-state index contributed by atoms with van der Waals surface area (Å²) >= 11 is 0. The molecule has 78 valence electrons. The molecule has 1 unspecified atom stereocenters. The van der Waals surface area contributed by atoms with Crippen molar-refractivity contribution in [1.29, 1.82) is 0 Å². The molecule has 0 radical (unpaired) electrons. The van der Waals surface area contributed by atoms with E-state index in [0.717, 1.165) is 0 Å². The summed E-state index contributed by atoms with van der Waals surface area (Å²) < 4.78 is 2.02. The molecular formula is C11H19N3. The van der Waals surface area contributed by atoms with Crippen molar-refractivity contribution in [2.24, 2.45) is 7.05 Å². The number of nitrogens with zero attached hydrogens (tertiary/aromatic N) is 2. The predicted molar refractivity (Wildman–Crippen MR) is 57.2 cm³/mol. The summed E-state index contributed by atoms with van der Waals surface area (Å²) in [5.41, 5.74) is 2.82. The molecule has 0 aliphatic heterocycles. The van der Waals surface area contributed by atoms with Crippen LogP contribution in [-0.4, -0.2) is 15.8 Å². The van der Waals surface area contributed by atoms with Crippen LogP contribution in [0.2, 0.25) is 0 Å². The van der Waals surface area contributed by atoms with Gasteiger partial charge in [-0.25, -0.2) is 0 Å². The summed E-state index contributed by atoms with van der Waals surface area (Å²) in [6.45, 7) is 4.40. The quantitative estimate of drug-likeness (QED) is 0.776. The molecule has 1 N–H and O–H groups in total. The first kappa shape index (κ1) is 9.71. The molecule has 1 aliphatic rings. The minimum absolute atomic E-state index is 0.521. The molecule has 1 aliphatic carbocycles. The average molecular weight is 193 g/mol. The number of aryl methyl sites for hydroxylation is 1. The summed E-state index contributed by atoms with van der Waals surface area (Å²) in [4.78, 5) is 0. The standard InChI is InChI=1S/C11H19N3/c1-8(2)13-10-5-4-6-11-9(10)7-12-14(11)3/h7-8,10,13H,4-6H2,1-3H3. The van der Waals surface area contributed by atoms with Crippen molar-refractivity contribution >= 4 is 0 Å². The van der Waals surface area contributed by atoms with E-state index in [-0.39, 0.29) is 0 Å². The van der Waals surface area contributed by atoms with Crippen LogP contribution < -0.4 is 5.32 Å². The maximum Gasteiger partial charge on any atom is 0.0540 e. The summed E-state index contributed by atoms with van der Waals surface area (Å²) in [5.74, 6) is 0. The second-order valence-corrected chi connectivity index (χ2v) is 4.44. The maximum atomic E-state index is 4.33. The molecule has 3 heteroatoms. The molecule has 0 saturated carbocycles. The Bertz CT molecular complexity index is 314. The van der Waals surface area contributed by atoms with Crippen molar-refractivity contribution in [3.05, 3.63) is 17.5 Å². The van der Waals surface area contributed by atoms with E-state index in [0.29, 0.717) is 12.1 Å². The molecule has 0 fully saturated rings. The molecule has 2 rings (SSSR count). The van der Waals surface area contributed by atoms with Gasteiger partial charge in [0, 0.05) is 30.4 Å². The van der Waals surface area contributed by atoms with Gasteiger partial charge in [-0.2, -0.15) is 5.10 Å². The first-order valence-electron chi connectivity index (χ1n) is 5.45. The van der Waals surface area contributed by atoms with Gasteiger partial charge in [0.2, 0.25) is 0 Å². The van der Waals surface area contributed by atoms with E-state index in [2.05, 4.69) is 24.3 Å². The minimum atomic E-state index is 0.521. The predicted octanol–water partition coefficient (Wildman–Crippen LogP) is 1.80. The second-order valence-electron chi connectivity index (χ2n) is 4.44. The van der Waals surface area contributed by atoms with Gasteiger partial charge in [-0.05, 0) is 19.3 Å². The van der Waals surface area contributed by atoms with E-state index < -0.39 is 0 Å². The molecular weight excluding hydrogens is 174 g/mol. The first-order valence-corrected chi connectivity index (χ1v) is 5.45. The van der Waals surface area contributed by atoms with Gasteiger partial charge in [0.1, 0.15) is 0 Å². The van der Waals surface area contributed by atoms with E-state index in [9.17, 15) is 0 Å². The van der Waals surface area contributed by atoms with E-state index in [1.165, 1.54) is 30.5 Å². The molecule has 1 heterocycles. The maximum absolute atomic E-state index is 4.33. The molecule has 0 saturated heterocycles. The Balaban J connectivity index is 2.22. The molecule has 1 aromatic heterocycles. The van der Waals surface area contributed by atoms with Crippen LogP contribution in [0.1, 0.15) is 44.0 Å². The lowest BCUT2D eigenvalue weighted by Crippen LogP contribution is -2.30. The van der Waals surface area contributed by atoms with Gasteiger partial charge in [-0.1, -0.05) is 13.8 Å². The Kier molecular flexibility index (Phi) is 2.59. The molecule has 1 aromatic rings. The van der Waals surface area contributed by atoms with Crippen molar-refractivity contribution in [3.8, 4) is 0 Å². The van der Waals surface area contributed by atoms with E-state index in [1.54, 1.807) is 0 Å². The number of hydrogen-bond donors (Lipinski definition) is 1. The highest BCUT2D eigenvalue weighted by Gasteiger charge is 2.23. The number of aromatic nitrogens is 2. The Hall–Kier alpha value is -0.830. The fourth-order valence-electron chi connectivity index (χ4n) is 2.28. The highest BCUT2D eigenvalue weighted by Crippen LogP contribution is 2.29. The number of fused-ring (bicyclic) bond motifs is 1. The van der Waals surface area contributed by atoms with Crippen LogP contribution in [0.4, 0.5) is 0 Å². The third-order valence-electron chi connectivity index (χ3n) is 2.91. The largest absolute Gasteiger partial charge is 0.308 e. The van der Waals surface area contributed by atoms with Crippen LogP contribution in [0.15, 0.2) is 6.20 Å². The third-order valence-corrected chi connectivity index (χ3v) is 2.91. The summed E-state index contributed by atoms with van der Waals surface area (Å²) in [5, 5.41) is 7.93. The monoisotopic (exact) mass is 193 g/mol. The van der Waals surface area contributed by atoms with Crippen LogP contribution in [0.3, 0.4) is 0 Å². The Morgan fingerprint density at radius 3 is 3.07 bits per heavy atom. The molecule has 3 nitrogen and oxygen atoms in total. The Labute approximate surface area is 85.5 Å². The van der Waals surface area contributed by atoms with E-state index in [4.69, 9.17) is 0 Å². The normalized spacial score (nSPS) is 21.3. The fourth-order valence-corrected chi connectivity index (χ4v) is 2.28. The minimum Gasteiger partial charge on any atom is -0.308 e. The lowest BCUT2D eigenvalue weighted by molar-refractivity contribution is 0.418. The summed E-state index contributed by atoms with van der Waals surface area (Å²) in [6.07, 6.45) is 5.73. The van der Waals surface area contributed by atoms with Gasteiger partial charge in [0.15, 0.2) is 0 Å². The average Bonchev–Trinajstić information content (AvgIpc) is 2.49. The second kappa shape index (κ2) is 3.73. The zero-order chi connectivity index (χ0) is 10.1. The molecule has 0 amide bonds. The zero-order valence-electron chi connectivity index (χ0n) is 9.25. The summed E-state index contributed by atoms with van der Waals surface area (Å²) in [6, 6.07) is 1.07. The lowest BCUT2D eigenvalue weighted by Gasteiger charge is -2.25. The Morgan fingerprint density at radius 2 is 2.36 bits per heavy atom. The van der Waals surface area contributed by atoms with Gasteiger partial charge in [0.05, 0.1) is 6.20 Å². The van der Waals surface area contributed by atoms with Crippen LogP contribution in [-0.2, 0) is 13.5 Å². The van der Waals surface area contributed by atoms with E-state index >= 15 is 0 Å². The summed E-state index contributed by atoms with van der Waals surface area (Å²) in [7, 11) is 2.04. The molecule has 0 bridgehead atoms. The van der Waals surface area contributed by atoms with Crippen molar-refractivity contribution < 1.29 is 0 Å². The highest BCUT2D eigenvalue weighted by molar-refractivity contribution is 5.24. The first-order chi connectivity index (χ1) is 6.68.